The van der Waals surface area contributed by atoms with Crippen molar-refractivity contribution in [3.8, 4) is 5.75 Å². The minimum Gasteiger partial charge on any atom is -0.494 e. The molecule has 0 saturated heterocycles. The second kappa shape index (κ2) is 9.60. The van der Waals surface area contributed by atoms with E-state index in [1.807, 2.05) is 38.1 Å². The first-order valence-corrected chi connectivity index (χ1v) is 12.3. The highest BCUT2D eigenvalue weighted by Gasteiger charge is 2.34. The van der Waals surface area contributed by atoms with Gasteiger partial charge in [-0.05, 0) is 29.2 Å². The van der Waals surface area contributed by atoms with E-state index in [1.165, 1.54) is 13.2 Å². The zero-order chi connectivity index (χ0) is 23.5. The number of nitrogens with zero attached hydrogens (tertiary/aromatic N) is 1. The minimum atomic E-state index is -3.48. The topological polar surface area (TPSA) is 105 Å². The molecule has 1 unspecified atom stereocenters. The van der Waals surface area contributed by atoms with Crippen molar-refractivity contribution in [2.24, 2.45) is 5.92 Å². The molecule has 2 aromatic carbocycles. The average Bonchev–Trinajstić information content (AvgIpc) is 2.72. The van der Waals surface area contributed by atoms with Crippen LogP contribution >= 0.6 is 0 Å². The molecule has 0 spiro atoms. The second-order valence-electron chi connectivity index (χ2n) is 8.39. The molecular weight excluding hydrogens is 430 g/mol. The van der Waals surface area contributed by atoms with Crippen molar-refractivity contribution in [1.82, 2.24) is 4.90 Å². The highest BCUT2D eigenvalue weighted by molar-refractivity contribution is 7.92. The molecule has 0 aromatic heterocycles. The molecule has 0 fully saturated rings. The first-order valence-electron chi connectivity index (χ1n) is 10.4. The van der Waals surface area contributed by atoms with E-state index < -0.39 is 16.1 Å². The minimum absolute atomic E-state index is 0.0556. The summed E-state index contributed by atoms with van der Waals surface area (Å²) in [5.41, 5.74) is 2.81. The van der Waals surface area contributed by atoms with Gasteiger partial charge in [0.1, 0.15) is 11.8 Å². The van der Waals surface area contributed by atoms with Crippen LogP contribution in [0.4, 0.5) is 11.4 Å². The lowest BCUT2D eigenvalue weighted by atomic mass is 9.92. The molecule has 2 N–H and O–H groups in total. The van der Waals surface area contributed by atoms with Crippen LogP contribution in [0.5, 0.6) is 5.75 Å². The lowest BCUT2D eigenvalue weighted by Crippen LogP contribution is -2.50. The third-order valence-corrected chi connectivity index (χ3v) is 5.81. The number of sulfonamides is 1. The van der Waals surface area contributed by atoms with E-state index in [0.717, 1.165) is 17.4 Å². The van der Waals surface area contributed by atoms with Crippen molar-refractivity contribution in [3.63, 3.8) is 0 Å². The fourth-order valence-electron chi connectivity index (χ4n) is 3.76. The highest BCUT2D eigenvalue weighted by atomic mass is 32.2. The Bertz CT molecular complexity index is 1110. The number of rotatable bonds is 7. The van der Waals surface area contributed by atoms with Crippen LogP contribution in [-0.4, -0.2) is 44.5 Å². The van der Waals surface area contributed by atoms with Gasteiger partial charge in [-0.15, -0.1) is 0 Å². The van der Waals surface area contributed by atoms with E-state index in [0.29, 0.717) is 25.1 Å². The smallest absolute Gasteiger partial charge is 0.247 e. The van der Waals surface area contributed by atoms with Gasteiger partial charge in [0.2, 0.25) is 21.8 Å². The van der Waals surface area contributed by atoms with Gasteiger partial charge in [0.15, 0.2) is 0 Å². The van der Waals surface area contributed by atoms with Crippen molar-refractivity contribution in [3.05, 3.63) is 53.6 Å². The van der Waals surface area contributed by atoms with Crippen molar-refractivity contribution >= 4 is 33.2 Å². The van der Waals surface area contributed by atoms with Gasteiger partial charge in [-0.2, -0.15) is 0 Å². The highest BCUT2D eigenvalue weighted by Crippen LogP contribution is 2.30. The molecule has 1 atom stereocenters. The maximum atomic E-state index is 13.2. The fraction of sp³-hybridized carbons (Fsp3) is 0.391. The predicted molar refractivity (Wildman–Crippen MR) is 124 cm³/mol. The van der Waals surface area contributed by atoms with Gasteiger partial charge in [-0.25, -0.2) is 8.42 Å². The van der Waals surface area contributed by atoms with Gasteiger partial charge in [0, 0.05) is 31.1 Å². The molecule has 0 bridgehead atoms. The Morgan fingerprint density at radius 3 is 2.47 bits per heavy atom. The lowest BCUT2D eigenvalue weighted by Gasteiger charge is -2.36. The number of nitrogens with one attached hydrogen (secondary N) is 2. The summed E-state index contributed by atoms with van der Waals surface area (Å²) in [6.45, 7) is 4.34. The third kappa shape index (κ3) is 5.79. The van der Waals surface area contributed by atoms with Crippen LogP contribution in [0.1, 0.15) is 31.4 Å². The lowest BCUT2D eigenvalue weighted by molar-refractivity contribution is -0.140. The van der Waals surface area contributed by atoms with E-state index >= 15 is 0 Å². The number of methoxy groups -OCH3 is 1. The van der Waals surface area contributed by atoms with Crippen molar-refractivity contribution in [1.29, 1.82) is 0 Å². The van der Waals surface area contributed by atoms with Crippen LogP contribution in [0.15, 0.2) is 42.5 Å². The number of hydrogen-bond acceptors (Lipinski definition) is 5. The number of amides is 2. The summed E-state index contributed by atoms with van der Waals surface area (Å²) in [6, 6.07) is 11.8. The van der Waals surface area contributed by atoms with Crippen molar-refractivity contribution < 1.29 is 22.7 Å². The Morgan fingerprint density at radius 1 is 1.16 bits per heavy atom. The summed E-state index contributed by atoms with van der Waals surface area (Å²) in [5, 5.41) is 2.86. The third-order valence-electron chi connectivity index (χ3n) is 5.22. The number of carbonyl (C=O) groups excluding carboxylic acids is 2. The Labute approximate surface area is 189 Å². The average molecular weight is 460 g/mol. The van der Waals surface area contributed by atoms with Crippen molar-refractivity contribution in [2.45, 2.75) is 39.3 Å². The molecule has 8 nitrogen and oxygen atoms in total. The summed E-state index contributed by atoms with van der Waals surface area (Å²) < 4.78 is 30.7. The maximum absolute atomic E-state index is 13.2. The molecule has 0 aliphatic carbocycles. The molecule has 9 heteroatoms. The summed E-state index contributed by atoms with van der Waals surface area (Å²) in [4.78, 5) is 27.8. The van der Waals surface area contributed by atoms with E-state index in [4.69, 9.17) is 4.74 Å². The Morgan fingerprint density at radius 2 is 1.84 bits per heavy atom. The van der Waals surface area contributed by atoms with Crippen LogP contribution in [0.2, 0.25) is 0 Å². The van der Waals surface area contributed by atoms with Crippen LogP contribution in [0, 0.1) is 5.92 Å². The fourth-order valence-corrected chi connectivity index (χ4v) is 4.33. The second-order valence-corrected chi connectivity index (χ2v) is 10.1. The standard InChI is InChI=1S/C23H29N3O5S/c1-15(2)11-22(27)26-14-17-8-6-5-7-16(17)12-20(26)23(28)24-18-9-10-19(21(13-18)31-3)25-32(4,29)30/h5-10,13,15,20,25H,11-12,14H2,1-4H3,(H,24,28). The number of benzene rings is 2. The maximum Gasteiger partial charge on any atom is 0.247 e. The quantitative estimate of drug-likeness (QED) is 0.662. The van der Waals surface area contributed by atoms with Crippen LogP contribution in [0.25, 0.3) is 0 Å². The molecule has 172 valence electrons. The van der Waals surface area contributed by atoms with E-state index in [9.17, 15) is 18.0 Å². The number of ether oxygens (including phenoxy) is 1. The largest absolute Gasteiger partial charge is 0.494 e. The van der Waals surface area contributed by atoms with Gasteiger partial charge in [0.05, 0.1) is 19.1 Å². The molecular formula is C23H29N3O5S. The summed E-state index contributed by atoms with van der Waals surface area (Å²) >= 11 is 0. The molecule has 0 radical (unpaired) electrons. The van der Waals surface area contributed by atoms with Gasteiger partial charge < -0.3 is 15.0 Å². The first kappa shape index (κ1) is 23.6. The summed E-state index contributed by atoms with van der Waals surface area (Å²) in [5.74, 6) is 0.0971. The molecule has 1 aliphatic rings. The number of fused-ring (bicyclic) bond motifs is 1. The molecule has 32 heavy (non-hydrogen) atoms. The molecule has 2 amide bonds. The van der Waals surface area contributed by atoms with E-state index in [2.05, 4.69) is 10.0 Å². The van der Waals surface area contributed by atoms with Gasteiger partial charge in [-0.1, -0.05) is 38.1 Å². The number of anilines is 2. The van der Waals surface area contributed by atoms with Gasteiger partial charge in [-0.3, -0.25) is 14.3 Å². The molecule has 2 aromatic rings. The van der Waals surface area contributed by atoms with E-state index in [1.54, 1.807) is 17.0 Å². The monoisotopic (exact) mass is 459 g/mol. The van der Waals surface area contributed by atoms with Gasteiger partial charge in [0.25, 0.3) is 0 Å². The Hall–Kier alpha value is -3.07. The molecule has 1 heterocycles. The predicted octanol–water partition coefficient (Wildman–Crippen LogP) is 3.00. The van der Waals surface area contributed by atoms with Crippen LogP contribution in [0.3, 0.4) is 0 Å². The normalized spacial score (nSPS) is 15.8. The van der Waals surface area contributed by atoms with E-state index in [-0.39, 0.29) is 29.2 Å². The van der Waals surface area contributed by atoms with Gasteiger partial charge >= 0.3 is 0 Å². The van der Waals surface area contributed by atoms with Crippen LogP contribution in [-0.2, 0) is 32.6 Å². The molecule has 1 aliphatic heterocycles. The summed E-state index contributed by atoms with van der Waals surface area (Å²) in [6.07, 6.45) is 1.84. The summed E-state index contributed by atoms with van der Waals surface area (Å²) in [7, 11) is -2.06. The zero-order valence-electron chi connectivity index (χ0n) is 18.7. The Balaban J connectivity index is 1.85. The Kier molecular flexibility index (Phi) is 7.08. The SMILES string of the molecule is COc1cc(NC(=O)C2Cc3ccccc3CN2C(=O)CC(C)C)ccc1NS(C)(=O)=O. The van der Waals surface area contributed by atoms with Crippen LogP contribution < -0.4 is 14.8 Å². The number of carbonyl (C=O) groups is 2. The molecule has 0 saturated carbocycles. The van der Waals surface area contributed by atoms with Crippen molar-refractivity contribution in [2.75, 3.05) is 23.4 Å². The zero-order valence-corrected chi connectivity index (χ0v) is 19.5. The molecule has 3 rings (SSSR count). The first-order chi connectivity index (χ1) is 15.1. The number of hydrogen-bond donors (Lipinski definition) is 2.